The van der Waals surface area contributed by atoms with Crippen molar-refractivity contribution in [2.45, 2.75) is 25.1 Å². The number of hydrogen-bond donors (Lipinski definition) is 2. The predicted octanol–water partition coefficient (Wildman–Crippen LogP) is 2.48. The Bertz CT molecular complexity index is 961. The first-order valence-corrected chi connectivity index (χ1v) is 9.00. The van der Waals surface area contributed by atoms with Gasteiger partial charge in [-0.2, -0.15) is 0 Å². The molecule has 0 radical (unpaired) electrons. The van der Waals surface area contributed by atoms with E-state index in [1.165, 1.54) is 13.8 Å². The minimum absolute atomic E-state index is 0.137. The lowest BCUT2D eigenvalue weighted by molar-refractivity contribution is -0.275. The Morgan fingerprint density at radius 1 is 1.33 bits per heavy atom. The summed E-state index contributed by atoms with van der Waals surface area (Å²) in [4.78, 5) is 11.2. The quantitative estimate of drug-likeness (QED) is 0.724. The van der Waals surface area contributed by atoms with E-state index in [9.17, 15) is 26.4 Å². The molecule has 1 aromatic carbocycles. The fourth-order valence-electron chi connectivity index (χ4n) is 1.94. The van der Waals surface area contributed by atoms with Crippen molar-refractivity contribution in [1.82, 2.24) is 14.9 Å². The van der Waals surface area contributed by atoms with Crippen molar-refractivity contribution >= 4 is 33.5 Å². The van der Waals surface area contributed by atoms with E-state index in [2.05, 4.69) is 20.3 Å². The van der Waals surface area contributed by atoms with Gasteiger partial charge in [0.2, 0.25) is 15.9 Å². The summed E-state index contributed by atoms with van der Waals surface area (Å²) in [7, 11) is -4.51. The molecular formula is C13H12ClF3N4O5S. The Morgan fingerprint density at radius 2 is 2.00 bits per heavy atom. The number of ether oxygens (including phenoxy) is 1. The number of carbonyl (C=O) groups excluding carboxylic acids is 1. The summed E-state index contributed by atoms with van der Waals surface area (Å²) in [6, 6.07) is 1.23. The predicted molar refractivity (Wildman–Crippen MR) is 86.0 cm³/mol. The number of carbonyl (C=O) groups is 1. The van der Waals surface area contributed by atoms with Crippen LogP contribution in [0.5, 0.6) is 5.75 Å². The SMILES string of the molecule is CCNS(=O)(=O)c1c(OC(F)(F)F)ccc(C(=O)Nc2nnc(C)o2)c1Cl. The number of aromatic nitrogens is 2. The molecule has 0 aliphatic heterocycles. The highest BCUT2D eigenvalue weighted by Crippen LogP contribution is 2.37. The number of rotatable bonds is 6. The van der Waals surface area contributed by atoms with Crippen molar-refractivity contribution in [2.75, 3.05) is 11.9 Å². The average molecular weight is 429 g/mol. The third-order valence-electron chi connectivity index (χ3n) is 2.88. The Labute approximate surface area is 155 Å². The molecule has 9 nitrogen and oxygen atoms in total. The molecule has 0 fully saturated rings. The van der Waals surface area contributed by atoms with Gasteiger partial charge in [0, 0.05) is 13.5 Å². The van der Waals surface area contributed by atoms with Crippen LogP contribution in [-0.2, 0) is 10.0 Å². The van der Waals surface area contributed by atoms with Crippen LogP contribution in [0.4, 0.5) is 19.2 Å². The second kappa shape index (κ2) is 7.70. The summed E-state index contributed by atoms with van der Waals surface area (Å²) in [5, 5.41) is 8.37. The van der Waals surface area contributed by atoms with Crippen LogP contribution in [0.25, 0.3) is 0 Å². The molecule has 148 valence electrons. The maximum Gasteiger partial charge on any atom is 0.573 e. The van der Waals surface area contributed by atoms with Crippen LogP contribution in [0.3, 0.4) is 0 Å². The van der Waals surface area contributed by atoms with Crippen LogP contribution in [0, 0.1) is 6.92 Å². The topological polar surface area (TPSA) is 123 Å². The van der Waals surface area contributed by atoms with Crippen LogP contribution < -0.4 is 14.8 Å². The molecule has 0 aliphatic carbocycles. The second-order valence-electron chi connectivity index (χ2n) is 4.88. The van der Waals surface area contributed by atoms with Gasteiger partial charge in [-0.1, -0.05) is 23.6 Å². The third kappa shape index (κ3) is 5.08. The second-order valence-corrected chi connectivity index (χ2v) is 6.97. The molecule has 1 amide bonds. The molecule has 1 heterocycles. The number of hydrogen-bond acceptors (Lipinski definition) is 7. The van der Waals surface area contributed by atoms with E-state index in [0.29, 0.717) is 6.07 Å². The van der Waals surface area contributed by atoms with Gasteiger partial charge in [0.15, 0.2) is 5.75 Å². The van der Waals surface area contributed by atoms with E-state index in [1.54, 1.807) is 0 Å². The van der Waals surface area contributed by atoms with E-state index < -0.39 is 43.5 Å². The lowest BCUT2D eigenvalue weighted by atomic mass is 10.2. The van der Waals surface area contributed by atoms with Crippen LogP contribution in [0.1, 0.15) is 23.2 Å². The summed E-state index contributed by atoms with van der Waals surface area (Å²) in [5.74, 6) is -1.92. The van der Waals surface area contributed by atoms with E-state index >= 15 is 0 Å². The van der Waals surface area contributed by atoms with Crippen molar-refractivity contribution in [3.63, 3.8) is 0 Å². The largest absolute Gasteiger partial charge is 0.573 e. The van der Waals surface area contributed by atoms with Gasteiger partial charge in [-0.05, 0) is 12.1 Å². The normalized spacial score (nSPS) is 12.1. The first kappa shape index (κ1) is 20.9. The van der Waals surface area contributed by atoms with Gasteiger partial charge in [0.1, 0.15) is 4.90 Å². The maximum atomic E-state index is 12.6. The number of benzene rings is 1. The minimum Gasteiger partial charge on any atom is -0.408 e. The summed E-state index contributed by atoms with van der Waals surface area (Å²) in [5.41, 5.74) is -0.446. The van der Waals surface area contributed by atoms with Gasteiger partial charge < -0.3 is 9.15 Å². The fourth-order valence-corrected chi connectivity index (χ4v) is 3.73. The molecule has 0 unspecified atom stereocenters. The molecule has 2 N–H and O–H groups in total. The number of nitrogens with zero attached hydrogens (tertiary/aromatic N) is 2. The van der Waals surface area contributed by atoms with E-state index in [1.807, 2.05) is 4.72 Å². The molecule has 0 atom stereocenters. The molecule has 2 aromatic rings. The molecule has 0 spiro atoms. The summed E-state index contributed by atoms with van der Waals surface area (Å²) in [6.07, 6.45) is -5.18. The summed E-state index contributed by atoms with van der Waals surface area (Å²) >= 11 is 5.94. The molecule has 14 heteroatoms. The molecular weight excluding hydrogens is 417 g/mol. The third-order valence-corrected chi connectivity index (χ3v) is 5.00. The van der Waals surface area contributed by atoms with E-state index in [-0.39, 0.29) is 18.5 Å². The van der Waals surface area contributed by atoms with Gasteiger partial charge in [0.25, 0.3) is 5.91 Å². The zero-order valence-electron chi connectivity index (χ0n) is 13.7. The molecule has 0 aliphatic rings. The zero-order valence-corrected chi connectivity index (χ0v) is 15.3. The average Bonchev–Trinajstić information content (AvgIpc) is 2.90. The monoisotopic (exact) mass is 428 g/mol. The van der Waals surface area contributed by atoms with Crippen molar-refractivity contribution in [1.29, 1.82) is 0 Å². The van der Waals surface area contributed by atoms with Crippen molar-refractivity contribution in [3.8, 4) is 5.75 Å². The number of aryl methyl sites for hydroxylation is 1. The Balaban J connectivity index is 2.53. The smallest absolute Gasteiger partial charge is 0.408 e. The van der Waals surface area contributed by atoms with Gasteiger partial charge in [-0.25, -0.2) is 13.1 Å². The molecule has 27 heavy (non-hydrogen) atoms. The van der Waals surface area contributed by atoms with Crippen LogP contribution in [0.15, 0.2) is 21.4 Å². The van der Waals surface area contributed by atoms with Gasteiger partial charge in [0.05, 0.1) is 10.6 Å². The van der Waals surface area contributed by atoms with Gasteiger partial charge in [-0.3, -0.25) is 10.1 Å². The summed E-state index contributed by atoms with van der Waals surface area (Å²) < 4.78 is 73.0. The number of sulfonamides is 1. The lowest BCUT2D eigenvalue weighted by Gasteiger charge is -2.16. The number of amides is 1. The molecule has 1 aromatic heterocycles. The highest BCUT2D eigenvalue weighted by molar-refractivity contribution is 7.89. The van der Waals surface area contributed by atoms with Crippen molar-refractivity contribution in [3.05, 3.63) is 28.6 Å². The molecule has 0 saturated heterocycles. The highest BCUT2D eigenvalue weighted by Gasteiger charge is 2.36. The summed E-state index contributed by atoms with van der Waals surface area (Å²) in [6.45, 7) is 2.73. The van der Waals surface area contributed by atoms with Crippen molar-refractivity contribution < 1.29 is 35.5 Å². The van der Waals surface area contributed by atoms with Crippen LogP contribution >= 0.6 is 11.6 Å². The lowest BCUT2D eigenvalue weighted by Crippen LogP contribution is -2.27. The van der Waals surface area contributed by atoms with Gasteiger partial charge in [-0.15, -0.1) is 18.3 Å². The first-order valence-electron chi connectivity index (χ1n) is 7.14. The molecule has 2 rings (SSSR count). The van der Waals surface area contributed by atoms with Gasteiger partial charge >= 0.3 is 12.4 Å². The first-order chi connectivity index (χ1) is 12.4. The molecule has 0 bridgehead atoms. The number of anilines is 1. The van der Waals surface area contributed by atoms with Crippen LogP contribution in [-0.4, -0.2) is 37.4 Å². The Morgan fingerprint density at radius 3 is 2.52 bits per heavy atom. The van der Waals surface area contributed by atoms with E-state index in [4.69, 9.17) is 16.0 Å². The number of alkyl halides is 3. The minimum atomic E-state index is -5.18. The maximum absolute atomic E-state index is 12.6. The zero-order chi connectivity index (χ0) is 20.4. The Kier molecular flexibility index (Phi) is 5.97. The highest BCUT2D eigenvalue weighted by atomic mass is 35.5. The molecule has 0 saturated carbocycles. The van der Waals surface area contributed by atoms with E-state index in [0.717, 1.165) is 6.07 Å². The van der Waals surface area contributed by atoms with Crippen LogP contribution in [0.2, 0.25) is 5.02 Å². The van der Waals surface area contributed by atoms with Crippen molar-refractivity contribution in [2.24, 2.45) is 0 Å². The number of halogens is 4. The number of nitrogens with one attached hydrogen (secondary N) is 2. The standard InChI is InChI=1S/C13H12ClF3N4O5S/c1-3-18-27(23,24)10-8(26-13(15,16)17)5-4-7(9(10)14)11(22)19-12-21-20-6(2)25-12/h4-5,18H,3H2,1-2H3,(H,19,21,22). The Hall–Kier alpha value is -2.38. The fraction of sp³-hybridized carbons (Fsp3) is 0.308.